The monoisotopic (exact) mass is 173 g/mol. The normalized spacial score (nSPS) is 33.8. The molecule has 0 aromatic rings. The van der Waals surface area contributed by atoms with Crippen LogP contribution in [0.1, 0.15) is 26.2 Å². The van der Waals surface area contributed by atoms with E-state index in [1.165, 1.54) is 0 Å². The highest BCUT2D eigenvalue weighted by Gasteiger charge is 2.32. The minimum atomic E-state index is -0.0978. The topological polar surface area (TPSA) is 52.3 Å². The van der Waals surface area contributed by atoms with E-state index in [2.05, 4.69) is 4.74 Å². The van der Waals surface area contributed by atoms with Crippen molar-refractivity contribution in [2.45, 2.75) is 32.2 Å². The third-order valence-electron chi connectivity index (χ3n) is 2.10. The molecule has 1 fully saturated rings. The lowest BCUT2D eigenvalue weighted by molar-refractivity contribution is -0.115. The van der Waals surface area contributed by atoms with Crippen LogP contribution in [-0.2, 0) is 9.53 Å². The van der Waals surface area contributed by atoms with Crippen molar-refractivity contribution in [3.05, 3.63) is 0 Å². The Kier molecular flexibility index (Phi) is 5.09. The molecule has 1 aliphatic carbocycles. The number of ether oxygens (including phenoxy) is 1. The maximum atomic E-state index is 10.4. The SMILES string of the molecule is CC1(C=O)CCC(N)C1.COC. The second-order valence-corrected chi connectivity index (χ2v) is 3.68. The molecule has 3 nitrogen and oxygen atoms in total. The van der Waals surface area contributed by atoms with Crippen molar-refractivity contribution in [3.63, 3.8) is 0 Å². The Morgan fingerprint density at radius 2 is 2.08 bits per heavy atom. The van der Waals surface area contributed by atoms with E-state index in [-0.39, 0.29) is 11.5 Å². The molecule has 0 spiro atoms. The van der Waals surface area contributed by atoms with Crippen molar-refractivity contribution in [2.24, 2.45) is 11.1 Å². The lowest BCUT2D eigenvalue weighted by atomic mass is 9.91. The molecule has 3 heteroatoms. The van der Waals surface area contributed by atoms with E-state index in [9.17, 15) is 4.79 Å². The van der Waals surface area contributed by atoms with Gasteiger partial charge in [0.05, 0.1) is 0 Å². The van der Waals surface area contributed by atoms with Crippen molar-refractivity contribution in [2.75, 3.05) is 14.2 Å². The van der Waals surface area contributed by atoms with E-state index in [4.69, 9.17) is 5.73 Å². The number of methoxy groups -OCH3 is 1. The van der Waals surface area contributed by atoms with E-state index in [1.807, 2.05) is 6.92 Å². The molecule has 12 heavy (non-hydrogen) atoms. The van der Waals surface area contributed by atoms with Gasteiger partial charge in [-0.15, -0.1) is 0 Å². The van der Waals surface area contributed by atoms with Gasteiger partial charge >= 0.3 is 0 Å². The Labute approximate surface area is 74.3 Å². The molecule has 0 aliphatic heterocycles. The summed E-state index contributed by atoms with van der Waals surface area (Å²) in [6.45, 7) is 1.98. The fraction of sp³-hybridized carbons (Fsp3) is 0.889. The van der Waals surface area contributed by atoms with Gasteiger partial charge in [0, 0.05) is 25.7 Å². The summed E-state index contributed by atoms with van der Waals surface area (Å²) in [5, 5.41) is 0. The minimum absolute atomic E-state index is 0.0978. The van der Waals surface area contributed by atoms with Gasteiger partial charge in [-0.25, -0.2) is 0 Å². The zero-order chi connectivity index (χ0) is 9.61. The Hall–Kier alpha value is -0.410. The predicted octanol–water partition coefficient (Wildman–Crippen LogP) is 0.965. The molecule has 0 saturated heterocycles. The quantitative estimate of drug-likeness (QED) is 0.601. The van der Waals surface area contributed by atoms with Crippen LogP contribution < -0.4 is 5.73 Å². The van der Waals surface area contributed by atoms with Gasteiger partial charge in [-0.2, -0.15) is 0 Å². The van der Waals surface area contributed by atoms with Gasteiger partial charge in [-0.1, -0.05) is 6.92 Å². The number of hydrogen-bond acceptors (Lipinski definition) is 3. The van der Waals surface area contributed by atoms with Crippen LogP contribution in [0.25, 0.3) is 0 Å². The molecule has 1 saturated carbocycles. The molecule has 0 radical (unpaired) electrons. The molecule has 1 aliphatic rings. The summed E-state index contributed by atoms with van der Waals surface area (Å²) in [4.78, 5) is 10.4. The molecule has 0 amide bonds. The van der Waals surface area contributed by atoms with Gasteiger partial charge in [-0.3, -0.25) is 0 Å². The highest BCUT2D eigenvalue weighted by Crippen LogP contribution is 2.34. The smallest absolute Gasteiger partial charge is 0.125 e. The lowest BCUT2D eigenvalue weighted by Gasteiger charge is -2.13. The van der Waals surface area contributed by atoms with Crippen molar-refractivity contribution < 1.29 is 9.53 Å². The van der Waals surface area contributed by atoms with Crippen LogP contribution in [0.5, 0.6) is 0 Å². The highest BCUT2D eigenvalue weighted by molar-refractivity contribution is 5.59. The summed E-state index contributed by atoms with van der Waals surface area (Å²) in [5.74, 6) is 0. The molecule has 2 N–H and O–H groups in total. The summed E-state index contributed by atoms with van der Waals surface area (Å²) in [6, 6.07) is 0.264. The van der Waals surface area contributed by atoms with Gasteiger partial charge in [0.25, 0.3) is 0 Å². The number of nitrogens with two attached hydrogens (primary N) is 1. The summed E-state index contributed by atoms with van der Waals surface area (Å²) >= 11 is 0. The maximum Gasteiger partial charge on any atom is 0.125 e. The Morgan fingerprint density at radius 1 is 1.58 bits per heavy atom. The summed E-state index contributed by atoms with van der Waals surface area (Å²) < 4.78 is 4.25. The zero-order valence-electron chi connectivity index (χ0n) is 8.17. The molecular formula is C9H19NO2. The first-order valence-corrected chi connectivity index (χ1v) is 4.20. The van der Waals surface area contributed by atoms with Crippen LogP contribution in [0.4, 0.5) is 0 Å². The molecule has 0 heterocycles. The molecule has 0 aromatic heterocycles. The highest BCUT2D eigenvalue weighted by atomic mass is 16.4. The molecule has 2 atom stereocenters. The first kappa shape index (κ1) is 11.6. The fourth-order valence-electron chi connectivity index (χ4n) is 1.43. The second-order valence-electron chi connectivity index (χ2n) is 3.68. The molecule has 0 aromatic carbocycles. The van der Waals surface area contributed by atoms with E-state index in [0.29, 0.717) is 0 Å². The van der Waals surface area contributed by atoms with Gasteiger partial charge < -0.3 is 15.3 Å². The Morgan fingerprint density at radius 3 is 2.25 bits per heavy atom. The molecule has 2 unspecified atom stereocenters. The van der Waals surface area contributed by atoms with Crippen molar-refractivity contribution in [1.29, 1.82) is 0 Å². The number of aldehydes is 1. The first-order valence-electron chi connectivity index (χ1n) is 4.20. The number of carbonyl (C=O) groups excluding carboxylic acids is 1. The summed E-state index contributed by atoms with van der Waals surface area (Å²) in [6.07, 6.45) is 3.89. The fourth-order valence-corrected chi connectivity index (χ4v) is 1.43. The van der Waals surface area contributed by atoms with Crippen LogP contribution in [-0.4, -0.2) is 26.5 Å². The predicted molar refractivity (Wildman–Crippen MR) is 48.9 cm³/mol. The van der Waals surface area contributed by atoms with E-state index >= 15 is 0 Å². The summed E-state index contributed by atoms with van der Waals surface area (Å²) in [7, 11) is 3.25. The van der Waals surface area contributed by atoms with Gasteiger partial charge in [-0.05, 0) is 19.3 Å². The van der Waals surface area contributed by atoms with Crippen LogP contribution in [0.3, 0.4) is 0 Å². The van der Waals surface area contributed by atoms with Crippen LogP contribution >= 0.6 is 0 Å². The minimum Gasteiger partial charge on any atom is -0.388 e. The van der Waals surface area contributed by atoms with E-state index < -0.39 is 0 Å². The third-order valence-corrected chi connectivity index (χ3v) is 2.10. The number of rotatable bonds is 1. The average Bonchev–Trinajstić information content (AvgIpc) is 2.34. The molecule has 0 bridgehead atoms. The van der Waals surface area contributed by atoms with Crippen LogP contribution in [0.15, 0.2) is 0 Å². The zero-order valence-corrected chi connectivity index (χ0v) is 8.17. The average molecular weight is 173 g/mol. The van der Waals surface area contributed by atoms with E-state index in [1.54, 1.807) is 14.2 Å². The van der Waals surface area contributed by atoms with Gasteiger partial charge in [0.15, 0.2) is 0 Å². The summed E-state index contributed by atoms with van der Waals surface area (Å²) in [5.41, 5.74) is 5.53. The largest absolute Gasteiger partial charge is 0.388 e. The van der Waals surface area contributed by atoms with Gasteiger partial charge in [0.1, 0.15) is 6.29 Å². The van der Waals surface area contributed by atoms with Gasteiger partial charge in [0.2, 0.25) is 0 Å². The molecule has 1 rings (SSSR count). The molecule has 72 valence electrons. The first-order chi connectivity index (χ1) is 5.58. The van der Waals surface area contributed by atoms with Crippen molar-refractivity contribution in [3.8, 4) is 0 Å². The molecular weight excluding hydrogens is 154 g/mol. The Bertz CT molecular complexity index is 138. The Balaban J connectivity index is 0.000000354. The third kappa shape index (κ3) is 3.83. The maximum absolute atomic E-state index is 10.4. The second kappa shape index (κ2) is 5.27. The standard InChI is InChI=1S/C7H13NO.C2H6O/c1-7(5-9)3-2-6(8)4-7;1-3-2/h5-6H,2-4,8H2,1H3;1-2H3. The number of hydrogen-bond donors (Lipinski definition) is 1. The lowest BCUT2D eigenvalue weighted by Crippen LogP contribution is -2.19. The van der Waals surface area contributed by atoms with E-state index in [0.717, 1.165) is 25.5 Å². The van der Waals surface area contributed by atoms with Crippen LogP contribution in [0, 0.1) is 5.41 Å². The van der Waals surface area contributed by atoms with Crippen molar-refractivity contribution >= 4 is 6.29 Å². The van der Waals surface area contributed by atoms with Crippen molar-refractivity contribution in [1.82, 2.24) is 0 Å². The number of carbonyl (C=O) groups is 1. The van der Waals surface area contributed by atoms with Crippen LogP contribution in [0.2, 0.25) is 0 Å².